The fourth-order valence-corrected chi connectivity index (χ4v) is 5.27. The zero-order chi connectivity index (χ0) is 20.5. The Morgan fingerprint density at radius 2 is 1.71 bits per heavy atom. The monoisotopic (exact) mass is 467 g/mol. The number of nitrogens with zero attached hydrogens (tertiary/aromatic N) is 3. The van der Waals surface area contributed by atoms with Crippen LogP contribution in [0.4, 0.5) is 0 Å². The third-order valence-electron chi connectivity index (χ3n) is 5.13. The largest absolute Gasteiger partial charge is 0.343 e. The van der Waals surface area contributed by atoms with Crippen LogP contribution in [0.15, 0.2) is 45.9 Å². The Labute approximate surface area is 175 Å². The van der Waals surface area contributed by atoms with Crippen molar-refractivity contribution >= 4 is 31.9 Å². The molecule has 1 aromatic carbocycles. The first kappa shape index (κ1) is 21.1. The van der Waals surface area contributed by atoms with Crippen molar-refractivity contribution in [1.82, 2.24) is 13.8 Å². The van der Waals surface area contributed by atoms with Gasteiger partial charge in [-0.1, -0.05) is 26.0 Å². The molecule has 1 amide bonds. The van der Waals surface area contributed by atoms with Gasteiger partial charge in [0.15, 0.2) is 0 Å². The van der Waals surface area contributed by atoms with E-state index in [0.29, 0.717) is 49.2 Å². The molecule has 0 aliphatic carbocycles. The van der Waals surface area contributed by atoms with Crippen molar-refractivity contribution in [2.24, 2.45) is 0 Å². The molecule has 0 radical (unpaired) electrons. The van der Waals surface area contributed by atoms with E-state index in [1.165, 1.54) is 4.31 Å². The molecular formula is C20H26BrN3O3S. The summed E-state index contributed by atoms with van der Waals surface area (Å²) in [4.78, 5) is 14.9. The first-order valence-corrected chi connectivity index (χ1v) is 11.7. The van der Waals surface area contributed by atoms with Crippen LogP contribution in [0.3, 0.4) is 0 Å². The normalized spacial score (nSPS) is 16.0. The molecule has 8 heteroatoms. The van der Waals surface area contributed by atoms with Crippen LogP contribution >= 0.6 is 15.9 Å². The number of hydrogen-bond donors (Lipinski definition) is 0. The molecule has 152 valence electrons. The summed E-state index contributed by atoms with van der Waals surface area (Å²) >= 11 is 3.41. The molecule has 1 aromatic heterocycles. The standard InChI is InChI=1S/C20H26BrN3O3S/c1-4-22-14-17(21)13-19(22)20(25)23-9-11-24(12-10-23)28(26,27)18-7-5-16(6-8-18)15(2)3/h5-8,13-15H,4,9-12H2,1-3H3. The number of rotatable bonds is 5. The predicted octanol–water partition coefficient (Wildman–Crippen LogP) is 3.54. The highest BCUT2D eigenvalue weighted by molar-refractivity contribution is 9.10. The van der Waals surface area contributed by atoms with Gasteiger partial charge in [-0.25, -0.2) is 8.42 Å². The highest BCUT2D eigenvalue weighted by atomic mass is 79.9. The van der Waals surface area contributed by atoms with Crippen molar-refractivity contribution in [3.05, 3.63) is 52.3 Å². The molecule has 28 heavy (non-hydrogen) atoms. The summed E-state index contributed by atoms with van der Waals surface area (Å²) in [7, 11) is -3.54. The molecule has 0 saturated carbocycles. The zero-order valence-electron chi connectivity index (χ0n) is 16.4. The van der Waals surface area contributed by atoms with Gasteiger partial charge in [0.1, 0.15) is 5.69 Å². The maximum absolute atomic E-state index is 12.9. The van der Waals surface area contributed by atoms with Crippen molar-refractivity contribution in [2.45, 2.75) is 38.1 Å². The number of carbonyl (C=O) groups excluding carboxylic acids is 1. The van der Waals surface area contributed by atoms with E-state index in [1.54, 1.807) is 17.0 Å². The van der Waals surface area contributed by atoms with Crippen molar-refractivity contribution in [3.63, 3.8) is 0 Å². The first-order chi connectivity index (χ1) is 13.2. The summed E-state index contributed by atoms with van der Waals surface area (Å²) < 4.78 is 30.1. The number of halogens is 1. The minimum absolute atomic E-state index is 0.0640. The van der Waals surface area contributed by atoms with Crippen LogP contribution < -0.4 is 0 Å². The van der Waals surface area contributed by atoms with Crippen LogP contribution in [0.1, 0.15) is 42.7 Å². The van der Waals surface area contributed by atoms with E-state index in [1.807, 2.05) is 35.9 Å². The van der Waals surface area contributed by atoms with E-state index >= 15 is 0 Å². The van der Waals surface area contributed by atoms with Crippen LogP contribution in [0, 0.1) is 0 Å². The summed E-state index contributed by atoms with van der Waals surface area (Å²) in [5, 5.41) is 0. The van der Waals surface area contributed by atoms with Crippen LogP contribution in [-0.4, -0.2) is 54.3 Å². The second kappa shape index (κ2) is 8.39. The van der Waals surface area contributed by atoms with Gasteiger partial charge in [-0.15, -0.1) is 0 Å². The molecule has 2 aromatic rings. The van der Waals surface area contributed by atoms with E-state index in [4.69, 9.17) is 0 Å². The summed E-state index contributed by atoms with van der Waals surface area (Å²) in [6.07, 6.45) is 1.88. The molecule has 2 heterocycles. The molecule has 1 aliphatic rings. The van der Waals surface area contributed by atoms with Gasteiger partial charge in [-0.2, -0.15) is 4.31 Å². The third-order valence-corrected chi connectivity index (χ3v) is 7.48. The Hall–Kier alpha value is -1.64. The molecule has 3 rings (SSSR count). The third kappa shape index (κ3) is 4.18. The van der Waals surface area contributed by atoms with Gasteiger partial charge in [0.05, 0.1) is 4.90 Å². The average molecular weight is 468 g/mol. The fraction of sp³-hybridized carbons (Fsp3) is 0.450. The lowest BCUT2D eigenvalue weighted by Crippen LogP contribution is -2.50. The molecule has 1 fully saturated rings. The van der Waals surface area contributed by atoms with E-state index in [2.05, 4.69) is 29.8 Å². The maximum Gasteiger partial charge on any atom is 0.270 e. The van der Waals surface area contributed by atoms with Gasteiger partial charge in [0, 0.05) is 43.4 Å². The molecular weight excluding hydrogens is 442 g/mol. The highest BCUT2D eigenvalue weighted by Crippen LogP contribution is 2.22. The number of piperazine rings is 1. The molecule has 1 aliphatic heterocycles. The zero-order valence-corrected chi connectivity index (χ0v) is 18.8. The Balaban J connectivity index is 1.69. The number of benzene rings is 1. The topological polar surface area (TPSA) is 62.6 Å². The van der Waals surface area contributed by atoms with Crippen LogP contribution in [0.25, 0.3) is 0 Å². The SMILES string of the molecule is CCn1cc(Br)cc1C(=O)N1CCN(S(=O)(=O)c2ccc(C(C)C)cc2)CC1. The molecule has 6 nitrogen and oxygen atoms in total. The Bertz CT molecular complexity index is 944. The Kier molecular flexibility index (Phi) is 6.31. The molecule has 0 unspecified atom stereocenters. The molecule has 0 spiro atoms. The number of carbonyl (C=O) groups is 1. The Morgan fingerprint density at radius 1 is 1.11 bits per heavy atom. The second-order valence-electron chi connectivity index (χ2n) is 7.25. The van der Waals surface area contributed by atoms with Gasteiger partial charge < -0.3 is 9.47 Å². The lowest BCUT2D eigenvalue weighted by atomic mass is 10.0. The molecule has 0 atom stereocenters. The van der Waals surface area contributed by atoms with Gasteiger partial charge in [0.2, 0.25) is 10.0 Å². The van der Waals surface area contributed by atoms with Gasteiger partial charge >= 0.3 is 0 Å². The molecule has 1 saturated heterocycles. The summed E-state index contributed by atoms with van der Waals surface area (Å²) in [5.74, 6) is 0.291. The quantitative estimate of drug-likeness (QED) is 0.675. The van der Waals surface area contributed by atoms with Crippen molar-refractivity contribution in [2.75, 3.05) is 26.2 Å². The van der Waals surface area contributed by atoms with Crippen LogP contribution in [0.5, 0.6) is 0 Å². The lowest BCUT2D eigenvalue weighted by Gasteiger charge is -2.34. The minimum atomic E-state index is -3.54. The van der Waals surface area contributed by atoms with Crippen molar-refractivity contribution in [1.29, 1.82) is 0 Å². The van der Waals surface area contributed by atoms with Crippen molar-refractivity contribution < 1.29 is 13.2 Å². The number of sulfonamides is 1. The number of amides is 1. The summed E-state index contributed by atoms with van der Waals surface area (Å²) in [5.41, 5.74) is 1.73. The number of aryl methyl sites for hydroxylation is 1. The smallest absolute Gasteiger partial charge is 0.270 e. The van der Waals surface area contributed by atoms with Gasteiger partial charge in [0.25, 0.3) is 5.91 Å². The van der Waals surface area contributed by atoms with E-state index in [9.17, 15) is 13.2 Å². The number of hydrogen-bond acceptors (Lipinski definition) is 3. The van der Waals surface area contributed by atoms with E-state index in [0.717, 1.165) is 10.0 Å². The van der Waals surface area contributed by atoms with Crippen LogP contribution in [0.2, 0.25) is 0 Å². The highest BCUT2D eigenvalue weighted by Gasteiger charge is 2.31. The molecule has 0 bridgehead atoms. The maximum atomic E-state index is 12.9. The van der Waals surface area contributed by atoms with Gasteiger partial charge in [-0.05, 0) is 52.5 Å². The Morgan fingerprint density at radius 3 is 2.25 bits per heavy atom. The molecule has 0 N–H and O–H groups in total. The van der Waals surface area contributed by atoms with Gasteiger partial charge in [-0.3, -0.25) is 4.79 Å². The average Bonchev–Trinajstić information content (AvgIpc) is 3.08. The lowest BCUT2D eigenvalue weighted by molar-refractivity contribution is 0.0687. The second-order valence-corrected chi connectivity index (χ2v) is 10.1. The first-order valence-electron chi connectivity index (χ1n) is 9.49. The summed E-state index contributed by atoms with van der Waals surface area (Å²) in [6.45, 7) is 8.21. The van der Waals surface area contributed by atoms with E-state index in [-0.39, 0.29) is 5.91 Å². The predicted molar refractivity (Wildman–Crippen MR) is 113 cm³/mol. The number of aromatic nitrogens is 1. The van der Waals surface area contributed by atoms with Crippen LogP contribution in [-0.2, 0) is 16.6 Å². The van der Waals surface area contributed by atoms with E-state index < -0.39 is 10.0 Å². The van der Waals surface area contributed by atoms with Crippen molar-refractivity contribution in [3.8, 4) is 0 Å². The minimum Gasteiger partial charge on any atom is -0.343 e. The fourth-order valence-electron chi connectivity index (χ4n) is 3.38. The summed E-state index contributed by atoms with van der Waals surface area (Å²) in [6, 6.07) is 8.90.